The number of thiazole rings is 1. The van der Waals surface area contributed by atoms with Crippen LogP contribution in [0.25, 0.3) is 22.4 Å². The molecule has 0 aliphatic carbocycles. The molecule has 0 N–H and O–H groups in total. The van der Waals surface area contributed by atoms with E-state index in [0.29, 0.717) is 30.9 Å². The van der Waals surface area contributed by atoms with Crippen molar-refractivity contribution in [2.24, 2.45) is 0 Å². The molecule has 0 radical (unpaired) electrons. The predicted octanol–water partition coefficient (Wildman–Crippen LogP) is 4.44. The molecule has 4 rings (SSSR count). The van der Waals surface area contributed by atoms with E-state index < -0.39 is 0 Å². The zero-order valence-corrected chi connectivity index (χ0v) is 16.3. The fourth-order valence-corrected chi connectivity index (χ4v) is 4.00. The van der Waals surface area contributed by atoms with E-state index in [4.69, 9.17) is 23.2 Å². The first kappa shape index (κ1) is 16.7. The van der Waals surface area contributed by atoms with E-state index in [-0.39, 0.29) is 5.56 Å². The summed E-state index contributed by atoms with van der Waals surface area (Å²) in [7, 11) is 0. The number of hydrogen-bond acceptors (Lipinski definition) is 4. The average molecular weight is 453 g/mol. The number of nitrogens with zero attached hydrogens (tertiary/aromatic N) is 3. The molecule has 0 fully saturated rings. The maximum Gasteiger partial charge on any atom is 0.291 e. The Morgan fingerprint density at radius 3 is 2.40 bits per heavy atom. The summed E-state index contributed by atoms with van der Waals surface area (Å²) in [4.78, 5) is 17.6. The van der Waals surface area contributed by atoms with Crippen LogP contribution in [0.1, 0.15) is 5.56 Å². The first-order chi connectivity index (χ1) is 12.0. The van der Waals surface area contributed by atoms with Gasteiger partial charge in [-0.15, -0.1) is 5.10 Å². The Balaban J connectivity index is 1.85. The first-order valence-electron chi connectivity index (χ1n) is 7.14. The normalized spacial score (nSPS) is 12.2. The molecular weight excluding hydrogens is 445 g/mol. The summed E-state index contributed by atoms with van der Waals surface area (Å²) < 4.78 is 2.75. The summed E-state index contributed by atoms with van der Waals surface area (Å²) in [6, 6.07) is 12.8. The second-order valence-electron chi connectivity index (χ2n) is 5.19. The summed E-state index contributed by atoms with van der Waals surface area (Å²) in [5.41, 5.74) is 1.21. The number of fused-ring (bicyclic) bond motifs is 1. The van der Waals surface area contributed by atoms with Crippen LogP contribution in [0.4, 0.5) is 0 Å². The number of halogens is 3. The molecule has 2 aromatic carbocycles. The Hall–Kier alpha value is -1.73. The minimum Gasteiger partial charge on any atom is -0.266 e. The van der Waals surface area contributed by atoms with Crippen molar-refractivity contribution in [1.29, 1.82) is 0 Å². The largest absolute Gasteiger partial charge is 0.291 e. The van der Waals surface area contributed by atoms with Crippen molar-refractivity contribution in [1.82, 2.24) is 14.6 Å². The van der Waals surface area contributed by atoms with Crippen molar-refractivity contribution >= 4 is 61.5 Å². The van der Waals surface area contributed by atoms with Gasteiger partial charge in [0.25, 0.3) is 5.56 Å². The highest BCUT2D eigenvalue weighted by molar-refractivity contribution is 9.10. The highest BCUT2D eigenvalue weighted by Gasteiger charge is 2.12. The standard InChI is InChI=1S/C17H8BrCl2N3OS/c18-10-6-4-9(5-7-10)15-21-17-23(22-15)16(24)14(25-17)8-11-12(19)2-1-3-13(11)20/h1-8H/b14-8-. The summed E-state index contributed by atoms with van der Waals surface area (Å²) in [6.45, 7) is 0. The van der Waals surface area contributed by atoms with Gasteiger partial charge in [0.2, 0.25) is 4.96 Å². The minimum absolute atomic E-state index is 0.244. The van der Waals surface area contributed by atoms with Gasteiger partial charge in [-0.3, -0.25) is 4.79 Å². The summed E-state index contributed by atoms with van der Waals surface area (Å²) in [5, 5.41) is 5.30. The van der Waals surface area contributed by atoms with Crippen LogP contribution < -0.4 is 10.1 Å². The monoisotopic (exact) mass is 451 g/mol. The van der Waals surface area contributed by atoms with Gasteiger partial charge < -0.3 is 0 Å². The van der Waals surface area contributed by atoms with Crippen molar-refractivity contribution in [2.75, 3.05) is 0 Å². The van der Waals surface area contributed by atoms with Gasteiger partial charge >= 0.3 is 0 Å². The Bertz CT molecular complexity index is 1180. The van der Waals surface area contributed by atoms with Crippen LogP contribution in [0.5, 0.6) is 0 Å². The quantitative estimate of drug-likeness (QED) is 0.451. The molecule has 0 unspecified atom stereocenters. The lowest BCUT2D eigenvalue weighted by molar-refractivity contribution is 0.937. The highest BCUT2D eigenvalue weighted by atomic mass is 79.9. The van der Waals surface area contributed by atoms with Gasteiger partial charge in [-0.25, -0.2) is 0 Å². The molecule has 0 bridgehead atoms. The first-order valence-corrected chi connectivity index (χ1v) is 9.51. The second-order valence-corrected chi connectivity index (χ2v) is 7.93. The average Bonchev–Trinajstić information content (AvgIpc) is 3.12. The third kappa shape index (κ3) is 3.11. The van der Waals surface area contributed by atoms with Crippen molar-refractivity contribution in [3.63, 3.8) is 0 Å². The molecule has 4 aromatic rings. The fourth-order valence-electron chi connectivity index (χ4n) is 2.33. The molecule has 124 valence electrons. The lowest BCUT2D eigenvalue weighted by atomic mass is 10.2. The van der Waals surface area contributed by atoms with E-state index in [0.717, 1.165) is 10.0 Å². The van der Waals surface area contributed by atoms with Gasteiger partial charge in [-0.1, -0.05) is 68.7 Å². The molecule has 0 amide bonds. The van der Waals surface area contributed by atoms with Crippen LogP contribution in [0.2, 0.25) is 10.0 Å². The molecule has 0 aliphatic rings. The van der Waals surface area contributed by atoms with Crippen molar-refractivity contribution in [3.8, 4) is 11.4 Å². The van der Waals surface area contributed by atoms with E-state index in [1.54, 1.807) is 24.3 Å². The molecule has 8 heteroatoms. The van der Waals surface area contributed by atoms with E-state index in [2.05, 4.69) is 26.0 Å². The fraction of sp³-hybridized carbons (Fsp3) is 0. The highest BCUT2D eigenvalue weighted by Crippen LogP contribution is 2.25. The zero-order valence-electron chi connectivity index (χ0n) is 12.4. The summed E-state index contributed by atoms with van der Waals surface area (Å²) in [5.74, 6) is 0.512. The van der Waals surface area contributed by atoms with E-state index in [1.165, 1.54) is 15.9 Å². The van der Waals surface area contributed by atoms with E-state index in [9.17, 15) is 4.79 Å². The molecule has 0 saturated carbocycles. The minimum atomic E-state index is -0.244. The van der Waals surface area contributed by atoms with Gasteiger partial charge in [0.1, 0.15) is 0 Å². The number of aromatic nitrogens is 3. The smallest absolute Gasteiger partial charge is 0.266 e. The van der Waals surface area contributed by atoms with Crippen LogP contribution in [-0.4, -0.2) is 14.6 Å². The molecule has 4 nitrogen and oxygen atoms in total. The van der Waals surface area contributed by atoms with Gasteiger partial charge in [0, 0.05) is 25.6 Å². The van der Waals surface area contributed by atoms with Crippen LogP contribution in [0.15, 0.2) is 51.7 Å². The van der Waals surface area contributed by atoms with Gasteiger partial charge in [0.05, 0.1) is 4.53 Å². The van der Waals surface area contributed by atoms with Crippen molar-refractivity contribution in [3.05, 3.63) is 77.4 Å². The Morgan fingerprint density at radius 2 is 1.76 bits per heavy atom. The topological polar surface area (TPSA) is 47.3 Å². The second kappa shape index (κ2) is 6.53. The Labute approximate surface area is 164 Å². The van der Waals surface area contributed by atoms with Crippen molar-refractivity contribution in [2.45, 2.75) is 0 Å². The summed E-state index contributed by atoms with van der Waals surface area (Å²) in [6.07, 6.45) is 1.67. The molecule has 0 atom stereocenters. The SMILES string of the molecule is O=c1/c(=C/c2c(Cl)cccc2Cl)sc2nc(-c3ccc(Br)cc3)nn12. The molecule has 25 heavy (non-hydrogen) atoms. The predicted molar refractivity (Wildman–Crippen MR) is 106 cm³/mol. The molecule has 0 aliphatic heterocycles. The summed E-state index contributed by atoms with van der Waals surface area (Å²) >= 11 is 17.0. The molecule has 2 aromatic heterocycles. The lowest BCUT2D eigenvalue weighted by Crippen LogP contribution is -2.23. The zero-order chi connectivity index (χ0) is 17.6. The lowest BCUT2D eigenvalue weighted by Gasteiger charge is -1.99. The van der Waals surface area contributed by atoms with Gasteiger partial charge in [0.15, 0.2) is 5.82 Å². The Morgan fingerprint density at radius 1 is 1.08 bits per heavy atom. The van der Waals surface area contributed by atoms with E-state index in [1.807, 2.05) is 24.3 Å². The van der Waals surface area contributed by atoms with Gasteiger partial charge in [-0.2, -0.15) is 9.50 Å². The third-order valence-electron chi connectivity index (χ3n) is 3.56. The Kier molecular flexibility index (Phi) is 4.37. The molecule has 0 saturated heterocycles. The van der Waals surface area contributed by atoms with Gasteiger partial charge in [-0.05, 0) is 30.3 Å². The molecule has 2 heterocycles. The van der Waals surface area contributed by atoms with Crippen LogP contribution in [-0.2, 0) is 0 Å². The number of benzene rings is 2. The van der Waals surface area contributed by atoms with Crippen LogP contribution in [0.3, 0.4) is 0 Å². The number of hydrogen-bond donors (Lipinski definition) is 0. The van der Waals surface area contributed by atoms with Crippen molar-refractivity contribution < 1.29 is 0 Å². The molecule has 0 spiro atoms. The maximum atomic E-state index is 12.6. The number of rotatable bonds is 2. The van der Waals surface area contributed by atoms with Crippen LogP contribution in [0, 0.1) is 0 Å². The molecular formula is C17H8BrCl2N3OS. The van der Waals surface area contributed by atoms with Crippen LogP contribution >= 0.6 is 50.5 Å². The third-order valence-corrected chi connectivity index (χ3v) is 5.71. The maximum absolute atomic E-state index is 12.6. The van der Waals surface area contributed by atoms with E-state index >= 15 is 0 Å².